The van der Waals surface area contributed by atoms with Crippen LogP contribution in [0.3, 0.4) is 0 Å². The quantitative estimate of drug-likeness (QED) is 0.351. The van der Waals surface area contributed by atoms with Crippen molar-refractivity contribution in [2.24, 2.45) is 0 Å². The number of aryl methyl sites for hydroxylation is 1. The first-order valence-electron chi connectivity index (χ1n) is 3.67. The van der Waals surface area contributed by atoms with E-state index in [0.717, 1.165) is 4.44 Å². The van der Waals surface area contributed by atoms with Crippen molar-refractivity contribution in [2.75, 3.05) is 0 Å². The maximum absolute atomic E-state index is 10.2. The molecule has 0 aromatic carbocycles. The van der Waals surface area contributed by atoms with Crippen molar-refractivity contribution in [3.05, 3.63) is 49.5 Å². The number of nitro groups is 1. The fraction of sp³-hybridized carbons (Fsp3) is 0.111. The van der Waals surface area contributed by atoms with Gasteiger partial charge in [-0.05, 0) is 0 Å². The van der Waals surface area contributed by atoms with E-state index in [2.05, 4.69) is 13.5 Å². The Kier molecular flexibility index (Phi) is 3.23. The van der Waals surface area contributed by atoms with E-state index < -0.39 is 4.92 Å². The van der Waals surface area contributed by atoms with Crippen LogP contribution in [-0.2, 0) is 0 Å². The van der Waals surface area contributed by atoms with Gasteiger partial charge in [0.25, 0.3) is 0 Å². The zero-order valence-electron chi connectivity index (χ0n) is 7.19. The van der Waals surface area contributed by atoms with Crippen LogP contribution in [0.2, 0.25) is 0 Å². The molecule has 0 radical (unpaired) electrons. The predicted octanol–water partition coefficient (Wildman–Crippen LogP) is 1.86. The number of rotatable bonds is 3. The van der Waals surface area contributed by atoms with E-state index in [0.29, 0.717) is 14.5 Å². The van der Waals surface area contributed by atoms with E-state index in [1.54, 1.807) is 6.08 Å². The Balaban J connectivity index is 2.69. The molecule has 4 heteroatoms. The minimum atomic E-state index is -0.487. The Bertz CT molecular complexity index is 365. The van der Waals surface area contributed by atoms with Crippen LogP contribution in [0.1, 0.15) is 8.87 Å². The van der Waals surface area contributed by atoms with E-state index in [1.165, 1.54) is 10.5 Å². The van der Waals surface area contributed by atoms with Crippen molar-refractivity contribution in [3.63, 3.8) is 0 Å². The SMILES string of the molecule is C=C(C=Cc1ccc(C)[se]1)[N+](=O)[O-]. The van der Waals surface area contributed by atoms with Gasteiger partial charge in [-0.25, -0.2) is 0 Å². The second-order valence-corrected chi connectivity index (χ2v) is 5.30. The second-order valence-electron chi connectivity index (χ2n) is 2.53. The van der Waals surface area contributed by atoms with Crippen LogP contribution < -0.4 is 0 Å². The van der Waals surface area contributed by atoms with Crippen LogP contribution in [0.4, 0.5) is 0 Å². The third-order valence-corrected chi connectivity index (χ3v) is 3.46. The molecule has 3 nitrogen and oxygen atoms in total. The number of hydrogen-bond acceptors (Lipinski definition) is 2. The van der Waals surface area contributed by atoms with Gasteiger partial charge in [0.15, 0.2) is 0 Å². The zero-order valence-corrected chi connectivity index (χ0v) is 8.90. The molecule has 0 aliphatic heterocycles. The summed E-state index contributed by atoms with van der Waals surface area (Å²) in [5, 5.41) is 10.2. The van der Waals surface area contributed by atoms with Crippen LogP contribution in [0.15, 0.2) is 30.5 Å². The molecule has 1 aromatic heterocycles. The van der Waals surface area contributed by atoms with Crippen molar-refractivity contribution >= 4 is 20.6 Å². The van der Waals surface area contributed by atoms with Gasteiger partial charge in [-0.2, -0.15) is 0 Å². The Labute approximate surface area is 82.3 Å². The first-order valence-corrected chi connectivity index (χ1v) is 5.38. The van der Waals surface area contributed by atoms with Gasteiger partial charge >= 0.3 is 81.9 Å². The first-order chi connectivity index (χ1) is 6.09. The van der Waals surface area contributed by atoms with Gasteiger partial charge in [0.1, 0.15) is 0 Å². The molecule has 1 rings (SSSR count). The molecule has 0 aliphatic carbocycles. The summed E-state index contributed by atoms with van der Waals surface area (Å²) in [4.78, 5) is 9.71. The summed E-state index contributed by atoms with van der Waals surface area (Å²) in [7, 11) is 0. The van der Waals surface area contributed by atoms with Gasteiger partial charge in [-0.3, -0.25) is 0 Å². The summed E-state index contributed by atoms with van der Waals surface area (Å²) >= 11 is 0.341. The van der Waals surface area contributed by atoms with E-state index in [4.69, 9.17) is 0 Å². The Morgan fingerprint density at radius 1 is 1.69 bits per heavy atom. The fourth-order valence-electron chi connectivity index (χ4n) is 0.782. The molecule has 0 unspecified atom stereocenters. The fourth-order valence-corrected chi connectivity index (χ4v) is 2.42. The molecule has 68 valence electrons. The van der Waals surface area contributed by atoms with Crippen LogP contribution in [0.5, 0.6) is 0 Å². The van der Waals surface area contributed by atoms with Crippen LogP contribution in [0, 0.1) is 17.0 Å². The summed E-state index contributed by atoms with van der Waals surface area (Å²) in [6.45, 7) is 5.37. The Hall–Kier alpha value is -1.12. The summed E-state index contributed by atoms with van der Waals surface area (Å²) < 4.78 is 2.48. The minimum absolute atomic E-state index is 0.0683. The van der Waals surface area contributed by atoms with Gasteiger partial charge in [0.2, 0.25) is 0 Å². The molecular formula is C9H9NO2Se. The predicted molar refractivity (Wildman–Crippen MR) is 53.3 cm³/mol. The van der Waals surface area contributed by atoms with Gasteiger partial charge in [-0.15, -0.1) is 0 Å². The second kappa shape index (κ2) is 4.21. The monoisotopic (exact) mass is 243 g/mol. The van der Waals surface area contributed by atoms with E-state index in [1.807, 2.05) is 12.1 Å². The molecule has 13 heavy (non-hydrogen) atoms. The molecule has 0 atom stereocenters. The molecule has 1 aromatic rings. The maximum atomic E-state index is 10.2. The molecule has 0 N–H and O–H groups in total. The average Bonchev–Trinajstić information content (AvgIpc) is 2.47. The third kappa shape index (κ3) is 3.01. The van der Waals surface area contributed by atoms with Crippen molar-refractivity contribution in [1.29, 1.82) is 0 Å². The summed E-state index contributed by atoms with van der Waals surface area (Å²) in [6, 6.07) is 4.02. The van der Waals surface area contributed by atoms with Crippen molar-refractivity contribution in [3.8, 4) is 0 Å². The number of nitrogens with zero attached hydrogens (tertiary/aromatic N) is 1. The Morgan fingerprint density at radius 2 is 2.38 bits per heavy atom. The molecule has 0 aliphatic rings. The van der Waals surface area contributed by atoms with Gasteiger partial charge < -0.3 is 0 Å². The summed E-state index contributed by atoms with van der Waals surface area (Å²) in [5.41, 5.74) is -0.0683. The number of hydrogen-bond donors (Lipinski definition) is 0. The third-order valence-electron chi connectivity index (χ3n) is 1.44. The van der Waals surface area contributed by atoms with Gasteiger partial charge in [0.05, 0.1) is 0 Å². The molecule has 1 heterocycles. The molecule has 0 fully saturated rings. The molecular weight excluding hydrogens is 233 g/mol. The van der Waals surface area contributed by atoms with E-state index in [-0.39, 0.29) is 5.70 Å². The van der Waals surface area contributed by atoms with Gasteiger partial charge in [0, 0.05) is 0 Å². The standard InChI is InChI=1S/C9H9NO2Se/c1-7(10(11)12)3-5-9-6-4-8(2)13-9/h3-6H,1H2,2H3. The van der Waals surface area contributed by atoms with Crippen molar-refractivity contribution in [2.45, 2.75) is 6.92 Å². The van der Waals surface area contributed by atoms with Crippen molar-refractivity contribution in [1.82, 2.24) is 0 Å². The number of allylic oxidation sites excluding steroid dienone is 1. The molecule has 0 saturated carbocycles. The van der Waals surface area contributed by atoms with Gasteiger partial charge in [-0.1, -0.05) is 0 Å². The average molecular weight is 242 g/mol. The topological polar surface area (TPSA) is 43.1 Å². The van der Waals surface area contributed by atoms with E-state index in [9.17, 15) is 10.1 Å². The molecule has 0 amide bonds. The van der Waals surface area contributed by atoms with Crippen LogP contribution >= 0.6 is 0 Å². The van der Waals surface area contributed by atoms with Crippen molar-refractivity contribution < 1.29 is 4.92 Å². The molecule has 0 bridgehead atoms. The van der Waals surface area contributed by atoms with E-state index >= 15 is 0 Å². The molecule has 0 spiro atoms. The zero-order chi connectivity index (χ0) is 9.84. The summed E-state index contributed by atoms with van der Waals surface area (Å²) in [6.07, 6.45) is 3.21. The summed E-state index contributed by atoms with van der Waals surface area (Å²) in [5.74, 6) is 0. The Morgan fingerprint density at radius 3 is 2.85 bits per heavy atom. The van der Waals surface area contributed by atoms with Crippen LogP contribution in [-0.4, -0.2) is 19.4 Å². The normalized spacial score (nSPS) is 10.5. The molecule has 0 saturated heterocycles. The first kappa shape index (κ1) is 9.96. The van der Waals surface area contributed by atoms with Crippen LogP contribution in [0.25, 0.3) is 6.08 Å².